The minimum absolute atomic E-state index is 0.0188. The Hall–Kier alpha value is -3.48. The molecule has 0 unspecified atom stereocenters. The van der Waals surface area contributed by atoms with E-state index in [9.17, 15) is 4.79 Å². The van der Waals surface area contributed by atoms with Crippen molar-refractivity contribution >= 4 is 22.7 Å². The molecule has 1 aliphatic heterocycles. The van der Waals surface area contributed by atoms with Gasteiger partial charge in [-0.15, -0.1) is 0 Å². The zero-order chi connectivity index (χ0) is 21.3. The average molecular weight is 404 g/mol. The van der Waals surface area contributed by atoms with Crippen molar-refractivity contribution in [2.24, 2.45) is 11.0 Å². The van der Waals surface area contributed by atoms with Crippen LogP contribution in [-0.4, -0.2) is 40.8 Å². The van der Waals surface area contributed by atoms with Gasteiger partial charge in [-0.3, -0.25) is 14.8 Å². The smallest absolute Gasteiger partial charge is 0.245 e. The van der Waals surface area contributed by atoms with Crippen molar-refractivity contribution in [1.82, 2.24) is 15.0 Å². The second kappa shape index (κ2) is 8.10. The molecule has 0 bridgehead atoms. The lowest BCUT2D eigenvalue weighted by molar-refractivity contribution is -0.136. The number of hydrogen-bond donors (Lipinski definition) is 0. The summed E-state index contributed by atoms with van der Waals surface area (Å²) in [6, 6.07) is 11.4. The Balaban J connectivity index is 1.73. The molecule has 0 radical (unpaired) electrons. The molecule has 0 saturated carbocycles. The fourth-order valence-electron chi connectivity index (χ4n) is 3.62. The topological polar surface area (TPSA) is 76.9 Å². The standard InChI is InChI=1S/C23H24N4O3/c1-14(2)23(28)27-20(16-5-7-17-19(11-16)25-10-9-24-17)13-18(26-27)15-6-8-21(29-3)22(12-15)30-4/h5-12,14,20H,13H2,1-4H3/t20-/m0/s1. The van der Waals surface area contributed by atoms with Crippen molar-refractivity contribution in [3.05, 3.63) is 59.9 Å². The van der Waals surface area contributed by atoms with Gasteiger partial charge in [0, 0.05) is 30.3 Å². The first-order valence-corrected chi connectivity index (χ1v) is 9.85. The van der Waals surface area contributed by atoms with Crippen LogP contribution < -0.4 is 9.47 Å². The van der Waals surface area contributed by atoms with Crippen LogP contribution in [0.4, 0.5) is 0 Å². The van der Waals surface area contributed by atoms with Gasteiger partial charge in [0.2, 0.25) is 5.91 Å². The summed E-state index contributed by atoms with van der Waals surface area (Å²) in [6.45, 7) is 3.77. The second-order valence-corrected chi connectivity index (χ2v) is 7.48. The van der Waals surface area contributed by atoms with E-state index in [0.29, 0.717) is 17.9 Å². The van der Waals surface area contributed by atoms with Gasteiger partial charge in [-0.25, -0.2) is 5.01 Å². The zero-order valence-electron chi connectivity index (χ0n) is 17.5. The number of hydrazone groups is 1. The second-order valence-electron chi connectivity index (χ2n) is 7.48. The number of rotatable bonds is 5. The van der Waals surface area contributed by atoms with Crippen molar-refractivity contribution in [3.63, 3.8) is 0 Å². The van der Waals surface area contributed by atoms with E-state index in [0.717, 1.165) is 27.9 Å². The van der Waals surface area contributed by atoms with Crippen LogP contribution in [0.5, 0.6) is 11.5 Å². The largest absolute Gasteiger partial charge is 0.493 e. The average Bonchev–Trinajstić information content (AvgIpc) is 3.23. The van der Waals surface area contributed by atoms with Gasteiger partial charge in [-0.05, 0) is 35.9 Å². The Morgan fingerprint density at radius 3 is 2.43 bits per heavy atom. The van der Waals surface area contributed by atoms with Crippen LogP contribution in [-0.2, 0) is 4.79 Å². The summed E-state index contributed by atoms with van der Waals surface area (Å²) in [4.78, 5) is 21.7. The molecule has 0 aliphatic carbocycles. The van der Waals surface area contributed by atoms with Crippen LogP contribution in [0.25, 0.3) is 11.0 Å². The molecule has 2 aromatic carbocycles. The summed E-state index contributed by atoms with van der Waals surface area (Å²) in [5, 5.41) is 6.32. The number of nitrogens with zero attached hydrogens (tertiary/aromatic N) is 4. The van der Waals surface area contributed by atoms with Crippen LogP contribution in [0.15, 0.2) is 53.9 Å². The highest BCUT2D eigenvalue weighted by Crippen LogP contribution is 2.36. The molecular weight excluding hydrogens is 380 g/mol. The molecule has 1 amide bonds. The van der Waals surface area contributed by atoms with Crippen LogP contribution in [0, 0.1) is 5.92 Å². The predicted molar refractivity (Wildman–Crippen MR) is 115 cm³/mol. The molecule has 0 spiro atoms. The lowest BCUT2D eigenvalue weighted by Crippen LogP contribution is -2.30. The number of hydrogen-bond acceptors (Lipinski definition) is 6. The molecule has 0 N–H and O–H groups in total. The number of aromatic nitrogens is 2. The minimum atomic E-state index is -0.200. The maximum atomic E-state index is 12.9. The van der Waals surface area contributed by atoms with Crippen molar-refractivity contribution in [3.8, 4) is 11.5 Å². The van der Waals surface area contributed by atoms with E-state index in [4.69, 9.17) is 14.6 Å². The molecule has 7 nitrogen and oxygen atoms in total. The summed E-state index contributed by atoms with van der Waals surface area (Å²) >= 11 is 0. The molecule has 7 heteroatoms. The number of methoxy groups -OCH3 is 2. The molecule has 30 heavy (non-hydrogen) atoms. The summed E-state index contributed by atoms with van der Waals surface area (Å²) < 4.78 is 10.8. The molecule has 0 fully saturated rings. The Morgan fingerprint density at radius 2 is 1.73 bits per heavy atom. The Kier molecular flexibility index (Phi) is 5.35. The van der Waals surface area contributed by atoms with Gasteiger partial charge in [-0.1, -0.05) is 19.9 Å². The van der Waals surface area contributed by atoms with E-state index in [1.54, 1.807) is 31.6 Å². The van der Waals surface area contributed by atoms with Crippen molar-refractivity contribution in [1.29, 1.82) is 0 Å². The van der Waals surface area contributed by atoms with Crippen LogP contribution in [0.3, 0.4) is 0 Å². The lowest BCUT2D eigenvalue weighted by atomic mass is 9.97. The first kappa shape index (κ1) is 19.8. The Labute approximate surface area is 175 Å². The van der Waals surface area contributed by atoms with Crippen LogP contribution >= 0.6 is 0 Å². The van der Waals surface area contributed by atoms with E-state index in [1.807, 2.05) is 50.2 Å². The first-order valence-electron chi connectivity index (χ1n) is 9.85. The highest BCUT2D eigenvalue weighted by atomic mass is 16.5. The number of fused-ring (bicyclic) bond motifs is 1. The van der Waals surface area contributed by atoms with E-state index in [2.05, 4.69) is 9.97 Å². The molecule has 3 aromatic rings. The fraction of sp³-hybridized carbons (Fsp3) is 0.304. The van der Waals surface area contributed by atoms with Crippen molar-refractivity contribution < 1.29 is 14.3 Å². The highest BCUT2D eigenvalue weighted by molar-refractivity contribution is 6.03. The molecule has 1 aliphatic rings. The van der Waals surface area contributed by atoms with Gasteiger partial charge in [0.05, 0.1) is 37.0 Å². The minimum Gasteiger partial charge on any atom is -0.493 e. The van der Waals surface area contributed by atoms with E-state index < -0.39 is 0 Å². The van der Waals surface area contributed by atoms with Gasteiger partial charge < -0.3 is 9.47 Å². The third-order valence-electron chi connectivity index (χ3n) is 5.22. The van der Waals surface area contributed by atoms with Gasteiger partial charge in [0.25, 0.3) is 0 Å². The van der Waals surface area contributed by atoms with E-state index in [1.165, 1.54) is 0 Å². The first-order chi connectivity index (χ1) is 14.5. The Morgan fingerprint density at radius 1 is 1.00 bits per heavy atom. The zero-order valence-corrected chi connectivity index (χ0v) is 17.5. The maximum Gasteiger partial charge on any atom is 0.245 e. The normalized spacial score (nSPS) is 16.1. The van der Waals surface area contributed by atoms with Crippen molar-refractivity contribution in [2.75, 3.05) is 14.2 Å². The number of benzene rings is 2. The molecule has 1 aromatic heterocycles. The Bertz CT molecular complexity index is 1130. The molecule has 4 rings (SSSR count). The number of amides is 1. The van der Waals surface area contributed by atoms with E-state index in [-0.39, 0.29) is 17.9 Å². The number of carbonyl (C=O) groups excluding carboxylic acids is 1. The lowest BCUT2D eigenvalue weighted by Gasteiger charge is -2.23. The number of carbonyl (C=O) groups is 1. The molecule has 1 atom stereocenters. The summed E-state index contributed by atoms with van der Waals surface area (Å²) in [7, 11) is 3.21. The van der Waals surface area contributed by atoms with Gasteiger partial charge in [-0.2, -0.15) is 5.10 Å². The molecular formula is C23H24N4O3. The number of ether oxygens (including phenoxy) is 2. The third kappa shape index (κ3) is 3.58. The molecule has 2 heterocycles. The third-order valence-corrected chi connectivity index (χ3v) is 5.22. The van der Waals surface area contributed by atoms with Gasteiger partial charge >= 0.3 is 0 Å². The highest BCUT2D eigenvalue weighted by Gasteiger charge is 2.34. The molecule has 0 saturated heterocycles. The maximum absolute atomic E-state index is 12.9. The summed E-state index contributed by atoms with van der Waals surface area (Å²) in [5.41, 5.74) is 4.33. The summed E-state index contributed by atoms with van der Waals surface area (Å²) in [5.74, 6) is 1.10. The summed E-state index contributed by atoms with van der Waals surface area (Å²) in [6.07, 6.45) is 3.94. The SMILES string of the molecule is COc1ccc(C2=NN(C(=O)C(C)C)[C@H](c3ccc4nccnc4c3)C2)cc1OC. The predicted octanol–water partition coefficient (Wildman–Crippen LogP) is 3.98. The fourth-order valence-corrected chi connectivity index (χ4v) is 3.62. The van der Waals surface area contributed by atoms with Gasteiger partial charge in [0.15, 0.2) is 11.5 Å². The van der Waals surface area contributed by atoms with Crippen LogP contribution in [0.2, 0.25) is 0 Å². The molecule has 154 valence electrons. The van der Waals surface area contributed by atoms with E-state index >= 15 is 0 Å². The van der Waals surface area contributed by atoms with Gasteiger partial charge in [0.1, 0.15) is 0 Å². The van der Waals surface area contributed by atoms with Crippen molar-refractivity contribution in [2.45, 2.75) is 26.3 Å². The monoisotopic (exact) mass is 404 g/mol. The quantitative estimate of drug-likeness (QED) is 0.643. The van der Waals surface area contributed by atoms with Crippen LogP contribution in [0.1, 0.15) is 37.4 Å².